The van der Waals surface area contributed by atoms with Crippen molar-refractivity contribution in [1.29, 1.82) is 0 Å². The normalized spacial score (nSPS) is 13.9. The topological polar surface area (TPSA) is 47.3 Å². The van der Waals surface area contributed by atoms with Crippen molar-refractivity contribution in [2.45, 2.75) is 51.2 Å². The SMILES string of the molecule is CCC(CC)(OC)C(CCc1ccsc1)NN. The molecule has 0 aliphatic heterocycles. The Bertz CT molecular complexity index is 288. The summed E-state index contributed by atoms with van der Waals surface area (Å²) < 4.78 is 5.72. The van der Waals surface area contributed by atoms with Crippen molar-refractivity contribution in [3.63, 3.8) is 0 Å². The Balaban J connectivity index is 2.63. The molecule has 0 bridgehead atoms. The fourth-order valence-corrected chi connectivity index (χ4v) is 3.12. The van der Waals surface area contributed by atoms with Crippen LogP contribution in [0.15, 0.2) is 16.8 Å². The van der Waals surface area contributed by atoms with Gasteiger partial charge in [0.05, 0.1) is 11.6 Å². The van der Waals surface area contributed by atoms with Crippen LogP contribution in [0.5, 0.6) is 0 Å². The van der Waals surface area contributed by atoms with Crippen molar-refractivity contribution in [3.8, 4) is 0 Å². The van der Waals surface area contributed by atoms with Gasteiger partial charge in [-0.1, -0.05) is 13.8 Å². The molecule has 1 rings (SSSR count). The first-order valence-electron chi connectivity index (χ1n) is 6.24. The minimum atomic E-state index is -0.148. The van der Waals surface area contributed by atoms with E-state index in [0.29, 0.717) is 0 Å². The molecule has 0 amide bonds. The number of thiophene rings is 1. The molecule has 0 radical (unpaired) electrons. The van der Waals surface area contributed by atoms with Crippen LogP contribution in [0.1, 0.15) is 38.7 Å². The van der Waals surface area contributed by atoms with Crippen molar-refractivity contribution in [1.82, 2.24) is 5.43 Å². The molecule has 0 spiro atoms. The Labute approximate surface area is 108 Å². The van der Waals surface area contributed by atoms with Gasteiger partial charge >= 0.3 is 0 Å². The van der Waals surface area contributed by atoms with E-state index in [1.807, 2.05) is 0 Å². The van der Waals surface area contributed by atoms with E-state index in [1.165, 1.54) is 5.56 Å². The smallest absolute Gasteiger partial charge is 0.0839 e. The number of methoxy groups -OCH3 is 1. The van der Waals surface area contributed by atoms with Crippen LogP contribution in [-0.2, 0) is 11.2 Å². The van der Waals surface area contributed by atoms with Gasteiger partial charge in [-0.3, -0.25) is 11.3 Å². The number of ether oxygens (including phenoxy) is 1. The monoisotopic (exact) mass is 256 g/mol. The van der Waals surface area contributed by atoms with Crippen molar-refractivity contribution in [2.24, 2.45) is 5.84 Å². The maximum absolute atomic E-state index is 5.72. The molecule has 3 N–H and O–H groups in total. The molecule has 98 valence electrons. The zero-order valence-corrected chi connectivity index (χ0v) is 11.8. The Morgan fingerprint density at radius 1 is 1.47 bits per heavy atom. The summed E-state index contributed by atoms with van der Waals surface area (Å²) in [6.45, 7) is 4.31. The Kier molecular flexibility index (Phi) is 6.12. The minimum absolute atomic E-state index is 0.148. The van der Waals surface area contributed by atoms with E-state index in [1.54, 1.807) is 18.4 Å². The lowest BCUT2D eigenvalue weighted by Gasteiger charge is -2.38. The second kappa shape index (κ2) is 7.11. The number of hydrogen-bond donors (Lipinski definition) is 2. The zero-order chi connectivity index (χ0) is 12.7. The van der Waals surface area contributed by atoms with E-state index in [2.05, 4.69) is 36.1 Å². The van der Waals surface area contributed by atoms with Gasteiger partial charge in [0, 0.05) is 7.11 Å². The van der Waals surface area contributed by atoms with Crippen LogP contribution < -0.4 is 11.3 Å². The van der Waals surface area contributed by atoms with E-state index in [-0.39, 0.29) is 11.6 Å². The molecule has 1 heterocycles. The maximum Gasteiger partial charge on any atom is 0.0839 e. The highest BCUT2D eigenvalue weighted by Gasteiger charge is 2.34. The van der Waals surface area contributed by atoms with Gasteiger partial charge in [-0.15, -0.1) is 0 Å². The summed E-state index contributed by atoms with van der Waals surface area (Å²) in [7, 11) is 1.78. The molecule has 17 heavy (non-hydrogen) atoms. The predicted molar refractivity (Wildman–Crippen MR) is 74.1 cm³/mol. The minimum Gasteiger partial charge on any atom is -0.377 e. The molecule has 1 aromatic rings. The molecular formula is C13H24N2OS. The van der Waals surface area contributed by atoms with Gasteiger partial charge in [-0.2, -0.15) is 11.3 Å². The predicted octanol–water partition coefficient (Wildman–Crippen LogP) is 2.72. The third-order valence-electron chi connectivity index (χ3n) is 3.74. The quantitative estimate of drug-likeness (QED) is 0.555. The lowest BCUT2D eigenvalue weighted by atomic mass is 9.85. The van der Waals surface area contributed by atoms with Crippen LogP contribution >= 0.6 is 11.3 Å². The lowest BCUT2D eigenvalue weighted by molar-refractivity contribution is -0.0493. The van der Waals surface area contributed by atoms with E-state index in [0.717, 1.165) is 25.7 Å². The standard InChI is InChI=1S/C13H24N2OS/c1-4-13(5-2,16-3)12(15-14)7-6-11-8-9-17-10-11/h8-10,12,15H,4-7,14H2,1-3H3. The molecule has 3 nitrogen and oxygen atoms in total. The second-order valence-electron chi connectivity index (χ2n) is 4.37. The molecule has 1 aromatic heterocycles. The molecule has 0 fully saturated rings. The van der Waals surface area contributed by atoms with Gasteiger partial charge in [-0.05, 0) is 48.1 Å². The highest BCUT2D eigenvalue weighted by atomic mass is 32.1. The largest absolute Gasteiger partial charge is 0.377 e. The number of hydrazine groups is 1. The van der Waals surface area contributed by atoms with Crippen molar-refractivity contribution >= 4 is 11.3 Å². The number of hydrogen-bond acceptors (Lipinski definition) is 4. The van der Waals surface area contributed by atoms with E-state index in [9.17, 15) is 0 Å². The van der Waals surface area contributed by atoms with Crippen LogP contribution in [0.3, 0.4) is 0 Å². The zero-order valence-electron chi connectivity index (χ0n) is 11.0. The van der Waals surface area contributed by atoms with Crippen molar-refractivity contribution in [2.75, 3.05) is 7.11 Å². The van der Waals surface area contributed by atoms with Crippen molar-refractivity contribution < 1.29 is 4.74 Å². The molecule has 4 heteroatoms. The van der Waals surface area contributed by atoms with Crippen molar-refractivity contribution in [3.05, 3.63) is 22.4 Å². The molecular weight excluding hydrogens is 232 g/mol. The van der Waals surface area contributed by atoms with Crippen LogP contribution in [0.4, 0.5) is 0 Å². The second-order valence-corrected chi connectivity index (χ2v) is 5.15. The molecule has 0 saturated heterocycles. The number of nitrogens with two attached hydrogens (primary N) is 1. The van der Waals surface area contributed by atoms with E-state index in [4.69, 9.17) is 10.6 Å². The Hall–Kier alpha value is -0.420. The first-order valence-corrected chi connectivity index (χ1v) is 7.19. The van der Waals surface area contributed by atoms with Gasteiger partial charge in [-0.25, -0.2) is 0 Å². The van der Waals surface area contributed by atoms with Crippen LogP contribution in [0.2, 0.25) is 0 Å². The number of rotatable bonds is 8. The fraction of sp³-hybridized carbons (Fsp3) is 0.692. The third kappa shape index (κ3) is 3.52. The third-order valence-corrected chi connectivity index (χ3v) is 4.47. The fourth-order valence-electron chi connectivity index (χ4n) is 2.42. The van der Waals surface area contributed by atoms with Gasteiger partial charge in [0.2, 0.25) is 0 Å². The van der Waals surface area contributed by atoms with Crippen LogP contribution in [0.25, 0.3) is 0 Å². The molecule has 0 saturated carbocycles. The molecule has 0 aliphatic carbocycles. The molecule has 1 unspecified atom stereocenters. The summed E-state index contributed by atoms with van der Waals surface area (Å²) in [5, 5.41) is 4.31. The average molecular weight is 256 g/mol. The lowest BCUT2D eigenvalue weighted by Crippen LogP contribution is -2.54. The Morgan fingerprint density at radius 2 is 2.18 bits per heavy atom. The summed E-state index contributed by atoms with van der Waals surface area (Å²) in [5.41, 5.74) is 4.17. The first kappa shape index (κ1) is 14.6. The first-order chi connectivity index (χ1) is 8.22. The molecule has 1 atom stereocenters. The van der Waals surface area contributed by atoms with Crippen LogP contribution in [-0.4, -0.2) is 18.8 Å². The van der Waals surface area contributed by atoms with E-state index >= 15 is 0 Å². The van der Waals surface area contributed by atoms with Gasteiger partial charge in [0.25, 0.3) is 0 Å². The summed E-state index contributed by atoms with van der Waals surface area (Å²) in [4.78, 5) is 0. The van der Waals surface area contributed by atoms with Gasteiger partial charge < -0.3 is 4.74 Å². The average Bonchev–Trinajstić information content (AvgIpc) is 2.88. The Morgan fingerprint density at radius 3 is 2.59 bits per heavy atom. The number of nitrogens with one attached hydrogen (secondary N) is 1. The number of aryl methyl sites for hydroxylation is 1. The highest BCUT2D eigenvalue weighted by Crippen LogP contribution is 2.27. The van der Waals surface area contributed by atoms with E-state index < -0.39 is 0 Å². The van der Waals surface area contributed by atoms with Gasteiger partial charge in [0.15, 0.2) is 0 Å². The summed E-state index contributed by atoms with van der Waals surface area (Å²) >= 11 is 1.74. The summed E-state index contributed by atoms with van der Waals surface area (Å²) in [5.74, 6) is 5.70. The molecule has 0 aromatic carbocycles. The maximum atomic E-state index is 5.72. The van der Waals surface area contributed by atoms with Crippen LogP contribution in [0, 0.1) is 0 Å². The highest BCUT2D eigenvalue weighted by molar-refractivity contribution is 7.07. The summed E-state index contributed by atoms with van der Waals surface area (Å²) in [6, 6.07) is 2.37. The van der Waals surface area contributed by atoms with Gasteiger partial charge in [0.1, 0.15) is 0 Å². The summed E-state index contributed by atoms with van der Waals surface area (Å²) in [6.07, 6.45) is 3.99. The molecule has 0 aliphatic rings.